The van der Waals surface area contributed by atoms with Crippen LogP contribution in [0.2, 0.25) is 0 Å². The maximum Gasteiger partial charge on any atom is 0.231 e. The number of aromatic nitrogens is 2. The molecule has 0 spiro atoms. The molecule has 0 amide bonds. The third-order valence-corrected chi connectivity index (χ3v) is 4.50. The second kappa shape index (κ2) is 6.11. The molecule has 2 heterocycles. The van der Waals surface area contributed by atoms with E-state index in [1.165, 1.54) is 6.33 Å². The van der Waals surface area contributed by atoms with E-state index in [4.69, 9.17) is 10.00 Å². The van der Waals surface area contributed by atoms with Crippen molar-refractivity contribution in [2.24, 2.45) is 0 Å². The summed E-state index contributed by atoms with van der Waals surface area (Å²) in [6, 6.07) is 19.2. The summed E-state index contributed by atoms with van der Waals surface area (Å²) in [7, 11) is 0. The van der Waals surface area contributed by atoms with Crippen LogP contribution in [0.15, 0.2) is 66.3 Å². The van der Waals surface area contributed by atoms with Crippen LogP contribution >= 0.6 is 11.3 Å². The average Bonchev–Trinajstić information content (AvgIpc) is 3.08. The van der Waals surface area contributed by atoms with Gasteiger partial charge >= 0.3 is 0 Å². The van der Waals surface area contributed by atoms with Crippen LogP contribution in [0.3, 0.4) is 0 Å². The van der Waals surface area contributed by atoms with Crippen molar-refractivity contribution in [1.29, 1.82) is 5.26 Å². The lowest BCUT2D eigenvalue weighted by Gasteiger charge is -2.07. The molecule has 0 unspecified atom stereocenters. The van der Waals surface area contributed by atoms with Crippen LogP contribution in [-0.2, 0) is 0 Å². The van der Waals surface area contributed by atoms with Crippen LogP contribution in [-0.4, -0.2) is 9.97 Å². The summed E-state index contributed by atoms with van der Waals surface area (Å²) in [5.74, 6) is 1.16. The number of fused-ring (bicyclic) bond motifs is 1. The summed E-state index contributed by atoms with van der Waals surface area (Å²) < 4.78 is 5.96. The lowest BCUT2D eigenvalue weighted by Crippen LogP contribution is -1.91. The lowest BCUT2D eigenvalue weighted by atomic mass is 10.1. The minimum absolute atomic E-state index is 0.518. The first-order valence-corrected chi connectivity index (χ1v) is 8.19. The molecule has 2 aromatic heterocycles. The zero-order chi connectivity index (χ0) is 16.4. The Kier molecular flexibility index (Phi) is 3.66. The standard InChI is InChI=1S/C19H11N3OS/c20-10-13-6-8-15(9-7-13)23-18-17-16(14-4-2-1-3-5-14)11-24-19(17)22-12-21-18/h1-9,11-12H. The molecule has 0 radical (unpaired) electrons. The zero-order valence-corrected chi connectivity index (χ0v) is 13.3. The largest absolute Gasteiger partial charge is 0.438 e. The zero-order valence-electron chi connectivity index (χ0n) is 12.5. The molecule has 0 N–H and O–H groups in total. The van der Waals surface area contributed by atoms with E-state index in [1.54, 1.807) is 35.6 Å². The van der Waals surface area contributed by atoms with E-state index in [2.05, 4.69) is 33.5 Å². The number of hydrogen-bond donors (Lipinski definition) is 0. The Morgan fingerprint density at radius 2 is 1.75 bits per heavy atom. The topological polar surface area (TPSA) is 58.8 Å². The molecule has 0 saturated carbocycles. The van der Waals surface area contributed by atoms with Gasteiger partial charge in [0.15, 0.2) is 0 Å². The van der Waals surface area contributed by atoms with E-state index >= 15 is 0 Å². The quantitative estimate of drug-likeness (QED) is 0.529. The molecule has 4 aromatic rings. The van der Waals surface area contributed by atoms with Gasteiger partial charge in [0.2, 0.25) is 5.88 Å². The van der Waals surface area contributed by atoms with Crippen molar-refractivity contribution in [3.63, 3.8) is 0 Å². The van der Waals surface area contributed by atoms with Gasteiger partial charge in [-0.2, -0.15) is 5.26 Å². The molecule has 2 aromatic carbocycles. The molecule has 4 nitrogen and oxygen atoms in total. The molecule has 0 atom stereocenters. The summed E-state index contributed by atoms with van der Waals surface area (Å²) >= 11 is 1.57. The number of hydrogen-bond acceptors (Lipinski definition) is 5. The van der Waals surface area contributed by atoms with Gasteiger partial charge in [-0.15, -0.1) is 11.3 Å². The number of rotatable bonds is 3. The number of nitrogens with zero attached hydrogens (tertiary/aromatic N) is 3. The third kappa shape index (κ3) is 2.60. The Bertz CT molecular complexity index is 1030. The SMILES string of the molecule is N#Cc1ccc(Oc2ncnc3scc(-c4ccccc4)c23)cc1. The van der Waals surface area contributed by atoms with Crippen molar-refractivity contribution in [3.05, 3.63) is 71.9 Å². The summed E-state index contributed by atoms with van der Waals surface area (Å²) in [6.07, 6.45) is 1.51. The molecule has 0 aliphatic rings. The normalized spacial score (nSPS) is 10.5. The fourth-order valence-electron chi connectivity index (χ4n) is 2.46. The fraction of sp³-hybridized carbons (Fsp3) is 0. The summed E-state index contributed by atoms with van der Waals surface area (Å²) in [5, 5.41) is 11.9. The monoisotopic (exact) mass is 329 g/mol. The van der Waals surface area contributed by atoms with Gasteiger partial charge in [0, 0.05) is 10.9 Å². The van der Waals surface area contributed by atoms with Crippen molar-refractivity contribution >= 4 is 21.6 Å². The maximum atomic E-state index is 8.88. The van der Waals surface area contributed by atoms with Crippen molar-refractivity contribution in [3.8, 4) is 28.8 Å². The Hall–Kier alpha value is -3.23. The van der Waals surface area contributed by atoms with E-state index in [9.17, 15) is 0 Å². The first kappa shape index (κ1) is 14.4. The molecular weight excluding hydrogens is 318 g/mol. The van der Waals surface area contributed by atoms with Crippen molar-refractivity contribution < 1.29 is 4.74 Å². The Balaban J connectivity index is 1.80. The highest BCUT2D eigenvalue weighted by molar-refractivity contribution is 7.17. The molecule has 4 rings (SSSR count). The summed E-state index contributed by atoms with van der Waals surface area (Å²) in [4.78, 5) is 9.53. The molecule has 0 fully saturated rings. The van der Waals surface area contributed by atoms with Gasteiger partial charge in [-0.25, -0.2) is 9.97 Å². The van der Waals surface area contributed by atoms with Crippen molar-refractivity contribution in [2.75, 3.05) is 0 Å². The Labute approximate surface area is 142 Å². The molecule has 0 saturated heterocycles. The van der Waals surface area contributed by atoms with Gasteiger partial charge in [0.25, 0.3) is 0 Å². The highest BCUT2D eigenvalue weighted by atomic mass is 32.1. The highest BCUT2D eigenvalue weighted by Crippen LogP contribution is 2.38. The van der Waals surface area contributed by atoms with E-state index < -0.39 is 0 Å². The van der Waals surface area contributed by atoms with Crippen LogP contribution in [0, 0.1) is 11.3 Å². The average molecular weight is 329 g/mol. The number of benzene rings is 2. The molecule has 5 heteroatoms. The molecule has 0 aliphatic carbocycles. The van der Waals surface area contributed by atoms with E-state index in [0.717, 1.165) is 21.3 Å². The van der Waals surface area contributed by atoms with Crippen molar-refractivity contribution in [1.82, 2.24) is 9.97 Å². The highest BCUT2D eigenvalue weighted by Gasteiger charge is 2.14. The minimum Gasteiger partial charge on any atom is -0.438 e. The summed E-state index contributed by atoms with van der Waals surface area (Å²) in [5.41, 5.74) is 2.75. The molecule has 0 bridgehead atoms. The minimum atomic E-state index is 0.518. The molecule has 24 heavy (non-hydrogen) atoms. The van der Waals surface area contributed by atoms with Crippen LogP contribution in [0.25, 0.3) is 21.3 Å². The van der Waals surface area contributed by atoms with E-state index in [0.29, 0.717) is 17.2 Å². The first-order chi connectivity index (χ1) is 11.8. The molecule has 114 valence electrons. The fourth-order valence-corrected chi connectivity index (χ4v) is 3.37. The first-order valence-electron chi connectivity index (χ1n) is 7.31. The van der Waals surface area contributed by atoms with Crippen LogP contribution in [0.4, 0.5) is 0 Å². The van der Waals surface area contributed by atoms with Gasteiger partial charge in [-0.1, -0.05) is 30.3 Å². The predicted molar refractivity (Wildman–Crippen MR) is 94.1 cm³/mol. The van der Waals surface area contributed by atoms with Crippen molar-refractivity contribution in [2.45, 2.75) is 0 Å². The van der Waals surface area contributed by atoms with E-state index in [-0.39, 0.29) is 0 Å². The number of thiophene rings is 1. The Morgan fingerprint density at radius 1 is 0.958 bits per heavy atom. The second-order valence-corrected chi connectivity index (χ2v) is 5.97. The number of ether oxygens (including phenoxy) is 1. The third-order valence-electron chi connectivity index (χ3n) is 3.62. The van der Waals surface area contributed by atoms with Gasteiger partial charge in [-0.05, 0) is 29.8 Å². The Morgan fingerprint density at radius 3 is 2.50 bits per heavy atom. The van der Waals surface area contributed by atoms with Crippen LogP contribution in [0.1, 0.15) is 5.56 Å². The van der Waals surface area contributed by atoms with E-state index in [1.807, 2.05) is 18.2 Å². The molecule has 0 aliphatic heterocycles. The smallest absolute Gasteiger partial charge is 0.231 e. The predicted octanol–water partition coefficient (Wildman–Crippen LogP) is 5.02. The van der Waals surface area contributed by atoms with Gasteiger partial charge in [0.05, 0.1) is 17.0 Å². The lowest BCUT2D eigenvalue weighted by molar-refractivity contribution is 0.468. The molecular formula is C19H11N3OS. The van der Waals surface area contributed by atoms with Gasteiger partial charge in [0.1, 0.15) is 16.9 Å². The van der Waals surface area contributed by atoms with Crippen LogP contribution in [0.5, 0.6) is 11.6 Å². The maximum absolute atomic E-state index is 8.88. The van der Waals surface area contributed by atoms with Gasteiger partial charge < -0.3 is 4.74 Å². The number of nitriles is 1. The summed E-state index contributed by atoms with van der Waals surface area (Å²) in [6.45, 7) is 0. The second-order valence-electron chi connectivity index (χ2n) is 5.11. The van der Waals surface area contributed by atoms with Crippen LogP contribution < -0.4 is 4.74 Å². The van der Waals surface area contributed by atoms with Gasteiger partial charge in [-0.3, -0.25) is 0 Å².